The summed E-state index contributed by atoms with van der Waals surface area (Å²) < 4.78 is 16.8. The normalized spacial score (nSPS) is 16.7. The van der Waals surface area contributed by atoms with Crippen LogP contribution in [-0.2, 0) is 9.47 Å². The number of ether oxygens (including phenoxy) is 3. The van der Waals surface area contributed by atoms with Gasteiger partial charge in [0.25, 0.3) is 0 Å². The summed E-state index contributed by atoms with van der Waals surface area (Å²) in [6, 6.07) is 8.11. The molecule has 1 aliphatic rings. The summed E-state index contributed by atoms with van der Waals surface area (Å²) in [5.74, 6) is 2.36. The molecule has 0 radical (unpaired) electrons. The van der Waals surface area contributed by atoms with E-state index in [1.807, 2.05) is 19.2 Å². The summed E-state index contributed by atoms with van der Waals surface area (Å²) in [5, 5.41) is 3.37. The second-order valence-corrected chi connectivity index (χ2v) is 6.72. The summed E-state index contributed by atoms with van der Waals surface area (Å²) in [6.45, 7) is 7.61. The molecule has 1 aromatic rings. The van der Waals surface area contributed by atoms with Gasteiger partial charge in [-0.15, -0.1) is 24.0 Å². The molecule has 0 aromatic heterocycles. The fourth-order valence-electron chi connectivity index (χ4n) is 2.76. The molecule has 154 valence electrons. The Morgan fingerprint density at radius 1 is 1.30 bits per heavy atom. The van der Waals surface area contributed by atoms with Crippen molar-refractivity contribution in [2.75, 3.05) is 60.2 Å². The zero-order valence-electron chi connectivity index (χ0n) is 16.8. The molecular weight excluding hydrogens is 457 g/mol. The summed E-state index contributed by atoms with van der Waals surface area (Å²) in [5.41, 5.74) is 1.24. The van der Waals surface area contributed by atoms with Crippen LogP contribution in [0.3, 0.4) is 0 Å². The molecule has 0 aliphatic carbocycles. The Labute approximate surface area is 180 Å². The molecule has 0 saturated carbocycles. The standard InChI is InChI=1S/C20H33N3O3.HI/c1-17-5-7-19(8-6-17)26-14-11-23(3)20(21-2)22-10-4-12-24-15-18-9-13-25-16-18;/h5-8,18H,4,9-16H2,1-3H3,(H,21,22);1H. The molecule has 0 amide bonds. The van der Waals surface area contributed by atoms with Crippen LogP contribution in [0.4, 0.5) is 0 Å². The maximum atomic E-state index is 5.78. The first-order valence-corrected chi connectivity index (χ1v) is 9.46. The molecule has 1 aromatic carbocycles. The average molecular weight is 491 g/mol. The molecule has 0 bridgehead atoms. The van der Waals surface area contributed by atoms with Gasteiger partial charge in [-0.1, -0.05) is 17.7 Å². The first-order chi connectivity index (χ1) is 12.7. The highest BCUT2D eigenvalue weighted by Gasteiger charge is 2.15. The lowest BCUT2D eigenvalue weighted by atomic mass is 10.1. The van der Waals surface area contributed by atoms with E-state index in [0.29, 0.717) is 12.5 Å². The number of rotatable bonds is 10. The SMILES string of the molecule is CN=C(NCCCOCC1CCOC1)N(C)CCOc1ccc(C)cc1.I. The molecule has 1 N–H and O–H groups in total. The van der Waals surface area contributed by atoms with E-state index in [0.717, 1.165) is 64.1 Å². The van der Waals surface area contributed by atoms with Crippen LogP contribution in [0.25, 0.3) is 0 Å². The fraction of sp³-hybridized carbons (Fsp3) is 0.650. The lowest BCUT2D eigenvalue weighted by molar-refractivity contribution is 0.0887. The van der Waals surface area contributed by atoms with Gasteiger partial charge < -0.3 is 24.4 Å². The number of guanidine groups is 1. The lowest BCUT2D eigenvalue weighted by Crippen LogP contribution is -2.41. The molecule has 0 spiro atoms. The molecule has 6 nitrogen and oxygen atoms in total. The number of nitrogens with zero attached hydrogens (tertiary/aromatic N) is 2. The second kappa shape index (κ2) is 14.0. The number of aliphatic imine (C=N–C) groups is 1. The van der Waals surface area contributed by atoms with Crippen LogP contribution in [0.2, 0.25) is 0 Å². The smallest absolute Gasteiger partial charge is 0.193 e. The number of hydrogen-bond acceptors (Lipinski definition) is 4. The zero-order valence-corrected chi connectivity index (χ0v) is 19.1. The van der Waals surface area contributed by atoms with Gasteiger partial charge >= 0.3 is 0 Å². The van der Waals surface area contributed by atoms with Crippen molar-refractivity contribution in [2.45, 2.75) is 19.8 Å². The zero-order chi connectivity index (χ0) is 18.6. The molecule has 1 saturated heterocycles. The number of benzene rings is 1. The Morgan fingerprint density at radius 2 is 2.07 bits per heavy atom. The third kappa shape index (κ3) is 9.62. The maximum Gasteiger partial charge on any atom is 0.193 e. The number of likely N-dealkylation sites (N-methyl/N-ethyl adjacent to an activating group) is 1. The van der Waals surface area contributed by atoms with E-state index in [2.05, 4.69) is 34.3 Å². The van der Waals surface area contributed by atoms with Crippen LogP contribution in [-0.4, -0.2) is 71.1 Å². The molecule has 1 atom stereocenters. The molecule has 1 unspecified atom stereocenters. The van der Waals surface area contributed by atoms with Crippen LogP contribution in [0.15, 0.2) is 29.3 Å². The quantitative estimate of drug-likeness (QED) is 0.236. The van der Waals surface area contributed by atoms with Crippen molar-refractivity contribution >= 4 is 29.9 Å². The van der Waals surface area contributed by atoms with Crippen LogP contribution in [0.1, 0.15) is 18.4 Å². The highest BCUT2D eigenvalue weighted by atomic mass is 127. The summed E-state index contributed by atoms with van der Waals surface area (Å²) in [4.78, 5) is 6.40. The van der Waals surface area contributed by atoms with E-state index in [9.17, 15) is 0 Å². The van der Waals surface area contributed by atoms with E-state index < -0.39 is 0 Å². The molecule has 1 heterocycles. The van der Waals surface area contributed by atoms with Crippen molar-refractivity contribution in [2.24, 2.45) is 10.9 Å². The van der Waals surface area contributed by atoms with Gasteiger partial charge in [0.15, 0.2) is 5.96 Å². The number of halogens is 1. The topological polar surface area (TPSA) is 55.3 Å². The van der Waals surface area contributed by atoms with Crippen molar-refractivity contribution in [3.8, 4) is 5.75 Å². The Balaban J connectivity index is 0.00000364. The molecule has 2 rings (SSSR count). The van der Waals surface area contributed by atoms with Gasteiger partial charge in [0, 0.05) is 39.8 Å². The second-order valence-electron chi connectivity index (χ2n) is 6.72. The highest BCUT2D eigenvalue weighted by molar-refractivity contribution is 14.0. The minimum absolute atomic E-state index is 0. The van der Waals surface area contributed by atoms with Gasteiger partial charge in [-0.2, -0.15) is 0 Å². The average Bonchev–Trinajstić information content (AvgIpc) is 3.16. The van der Waals surface area contributed by atoms with Crippen molar-refractivity contribution in [1.82, 2.24) is 10.2 Å². The Morgan fingerprint density at radius 3 is 2.74 bits per heavy atom. The van der Waals surface area contributed by atoms with Gasteiger partial charge in [-0.05, 0) is 31.9 Å². The fourth-order valence-corrected chi connectivity index (χ4v) is 2.76. The van der Waals surface area contributed by atoms with Gasteiger partial charge in [0.1, 0.15) is 12.4 Å². The minimum atomic E-state index is 0. The minimum Gasteiger partial charge on any atom is -0.492 e. The number of hydrogen-bond donors (Lipinski definition) is 1. The Kier molecular flexibility index (Phi) is 12.4. The van der Waals surface area contributed by atoms with E-state index in [4.69, 9.17) is 14.2 Å². The third-order valence-electron chi connectivity index (χ3n) is 4.42. The van der Waals surface area contributed by atoms with Gasteiger partial charge in [0.05, 0.1) is 19.8 Å². The lowest BCUT2D eigenvalue weighted by Gasteiger charge is -2.22. The monoisotopic (exact) mass is 491 g/mol. The highest BCUT2D eigenvalue weighted by Crippen LogP contribution is 2.12. The molecular formula is C20H34IN3O3. The van der Waals surface area contributed by atoms with Crippen LogP contribution in [0, 0.1) is 12.8 Å². The molecule has 1 fully saturated rings. The third-order valence-corrected chi connectivity index (χ3v) is 4.42. The Bertz CT molecular complexity index is 534. The summed E-state index contributed by atoms with van der Waals surface area (Å²) in [6.07, 6.45) is 2.08. The Hall–Kier alpha value is -1.06. The van der Waals surface area contributed by atoms with Crippen LogP contribution >= 0.6 is 24.0 Å². The first-order valence-electron chi connectivity index (χ1n) is 9.46. The largest absolute Gasteiger partial charge is 0.492 e. The molecule has 27 heavy (non-hydrogen) atoms. The number of aryl methyl sites for hydroxylation is 1. The van der Waals surface area contributed by atoms with Gasteiger partial charge in [-0.25, -0.2) is 0 Å². The number of nitrogens with one attached hydrogen (secondary N) is 1. The van der Waals surface area contributed by atoms with Crippen LogP contribution < -0.4 is 10.1 Å². The summed E-state index contributed by atoms with van der Waals surface area (Å²) in [7, 11) is 3.82. The van der Waals surface area contributed by atoms with E-state index in [-0.39, 0.29) is 24.0 Å². The summed E-state index contributed by atoms with van der Waals surface area (Å²) >= 11 is 0. The van der Waals surface area contributed by atoms with Crippen molar-refractivity contribution in [3.63, 3.8) is 0 Å². The van der Waals surface area contributed by atoms with Gasteiger partial charge in [0.2, 0.25) is 0 Å². The van der Waals surface area contributed by atoms with E-state index in [1.54, 1.807) is 7.05 Å². The maximum absolute atomic E-state index is 5.78. The first kappa shape index (κ1) is 24.0. The van der Waals surface area contributed by atoms with Crippen LogP contribution in [0.5, 0.6) is 5.75 Å². The van der Waals surface area contributed by atoms with E-state index >= 15 is 0 Å². The predicted octanol–water partition coefficient (Wildman–Crippen LogP) is 2.94. The van der Waals surface area contributed by atoms with E-state index in [1.165, 1.54) is 5.56 Å². The predicted molar refractivity (Wildman–Crippen MR) is 120 cm³/mol. The molecule has 7 heteroatoms. The van der Waals surface area contributed by atoms with Crippen molar-refractivity contribution in [1.29, 1.82) is 0 Å². The van der Waals surface area contributed by atoms with Crippen molar-refractivity contribution in [3.05, 3.63) is 29.8 Å². The van der Waals surface area contributed by atoms with Crippen molar-refractivity contribution < 1.29 is 14.2 Å². The molecule has 1 aliphatic heterocycles. The van der Waals surface area contributed by atoms with Gasteiger partial charge in [-0.3, -0.25) is 4.99 Å².